The van der Waals surface area contributed by atoms with Gasteiger partial charge in [-0.25, -0.2) is 0 Å². The maximum atomic E-state index is 12.8. The Morgan fingerprint density at radius 3 is 2.25 bits per heavy atom. The zero-order chi connectivity index (χ0) is 18.2. The summed E-state index contributed by atoms with van der Waals surface area (Å²) >= 11 is 0. The Kier molecular flexibility index (Phi) is 4.20. The van der Waals surface area contributed by atoms with E-state index in [-0.39, 0.29) is 16.8 Å². The van der Waals surface area contributed by atoms with Gasteiger partial charge in [-0.3, -0.25) is 19.0 Å². The Morgan fingerprint density at radius 1 is 1.12 bits per heavy atom. The molecule has 0 unspecified atom stereocenters. The third-order valence-electron chi connectivity index (χ3n) is 3.43. The fourth-order valence-corrected chi connectivity index (χ4v) is 2.26. The Bertz CT molecular complexity index is 901. The number of carbonyl (C=O) groups excluding carboxylic acids is 2. The number of pyridine rings is 1. The molecule has 0 aliphatic carbocycles. The maximum Gasteiger partial charge on any atom is 0.416 e. The van der Waals surface area contributed by atoms with Crippen LogP contribution in [-0.4, -0.2) is 16.4 Å². The summed E-state index contributed by atoms with van der Waals surface area (Å²) < 4.78 is 39.2. The first-order chi connectivity index (χ1) is 11.0. The SMILES string of the molecule is Cc1c(C(N)=O)cn(-c2cccc(C(F)(F)F)c2)c(=O)c1C(N)=O. The van der Waals surface area contributed by atoms with Crippen molar-refractivity contribution in [1.29, 1.82) is 0 Å². The molecule has 0 bridgehead atoms. The zero-order valence-electron chi connectivity index (χ0n) is 12.3. The van der Waals surface area contributed by atoms with Crippen molar-refractivity contribution in [2.75, 3.05) is 0 Å². The van der Waals surface area contributed by atoms with E-state index in [9.17, 15) is 27.6 Å². The number of rotatable bonds is 3. The van der Waals surface area contributed by atoms with Crippen molar-refractivity contribution >= 4 is 11.8 Å². The van der Waals surface area contributed by atoms with Gasteiger partial charge in [0, 0.05) is 11.9 Å². The van der Waals surface area contributed by atoms with E-state index in [1.807, 2.05) is 0 Å². The number of hydrogen-bond acceptors (Lipinski definition) is 3. The summed E-state index contributed by atoms with van der Waals surface area (Å²) in [4.78, 5) is 35.4. The molecule has 0 spiro atoms. The first kappa shape index (κ1) is 17.3. The highest BCUT2D eigenvalue weighted by Crippen LogP contribution is 2.30. The fourth-order valence-electron chi connectivity index (χ4n) is 2.26. The molecule has 0 fully saturated rings. The van der Waals surface area contributed by atoms with Crippen molar-refractivity contribution in [2.24, 2.45) is 11.5 Å². The van der Waals surface area contributed by atoms with Crippen LogP contribution in [0.3, 0.4) is 0 Å². The fraction of sp³-hybridized carbons (Fsp3) is 0.133. The minimum absolute atomic E-state index is 0.0248. The molecule has 4 N–H and O–H groups in total. The van der Waals surface area contributed by atoms with Gasteiger partial charge in [0.05, 0.1) is 11.1 Å². The highest BCUT2D eigenvalue weighted by molar-refractivity contribution is 6.00. The van der Waals surface area contributed by atoms with E-state index in [1.165, 1.54) is 13.0 Å². The molecule has 0 saturated heterocycles. The predicted molar refractivity (Wildman–Crippen MR) is 78.8 cm³/mol. The van der Waals surface area contributed by atoms with Crippen LogP contribution in [0, 0.1) is 6.92 Å². The molecule has 2 rings (SSSR count). The Balaban J connectivity index is 2.83. The van der Waals surface area contributed by atoms with Crippen LogP contribution in [0.4, 0.5) is 13.2 Å². The van der Waals surface area contributed by atoms with Crippen LogP contribution >= 0.6 is 0 Å². The number of hydrogen-bond donors (Lipinski definition) is 2. The second-order valence-electron chi connectivity index (χ2n) is 4.99. The summed E-state index contributed by atoms with van der Waals surface area (Å²) in [6.45, 7) is 1.30. The average molecular weight is 339 g/mol. The third-order valence-corrected chi connectivity index (χ3v) is 3.43. The van der Waals surface area contributed by atoms with Gasteiger partial charge in [0.25, 0.3) is 11.5 Å². The number of nitrogens with two attached hydrogens (primary N) is 2. The Morgan fingerprint density at radius 2 is 1.75 bits per heavy atom. The van der Waals surface area contributed by atoms with Crippen molar-refractivity contribution in [3.8, 4) is 5.69 Å². The highest BCUT2D eigenvalue weighted by Gasteiger charge is 2.31. The van der Waals surface area contributed by atoms with E-state index in [0.29, 0.717) is 6.07 Å². The van der Waals surface area contributed by atoms with E-state index in [1.54, 1.807) is 0 Å². The number of primary amides is 2. The van der Waals surface area contributed by atoms with Crippen molar-refractivity contribution in [3.05, 3.63) is 63.1 Å². The lowest BCUT2D eigenvalue weighted by atomic mass is 10.0. The highest BCUT2D eigenvalue weighted by atomic mass is 19.4. The van der Waals surface area contributed by atoms with Gasteiger partial charge >= 0.3 is 6.18 Å². The minimum Gasteiger partial charge on any atom is -0.366 e. The van der Waals surface area contributed by atoms with Gasteiger partial charge in [0.2, 0.25) is 5.91 Å². The van der Waals surface area contributed by atoms with E-state index >= 15 is 0 Å². The molecule has 24 heavy (non-hydrogen) atoms. The maximum absolute atomic E-state index is 12.8. The quantitative estimate of drug-likeness (QED) is 0.881. The standard InChI is InChI=1S/C15H12F3N3O3/c1-7-10(12(19)22)6-21(14(24)11(7)13(20)23)9-4-2-3-8(5-9)15(16,17)18/h2-6H,1H3,(H2,19,22)(H2,20,23). The lowest BCUT2D eigenvalue weighted by molar-refractivity contribution is -0.137. The van der Waals surface area contributed by atoms with Crippen LogP contribution in [0.25, 0.3) is 5.69 Å². The van der Waals surface area contributed by atoms with E-state index in [4.69, 9.17) is 11.5 Å². The largest absolute Gasteiger partial charge is 0.416 e. The molecule has 6 nitrogen and oxygen atoms in total. The van der Waals surface area contributed by atoms with E-state index < -0.39 is 34.7 Å². The summed E-state index contributed by atoms with van der Waals surface area (Å²) in [6.07, 6.45) is -3.63. The number of aromatic nitrogens is 1. The molecular formula is C15H12F3N3O3. The summed E-state index contributed by atoms with van der Waals surface area (Å²) in [7, 11) is 0. The molecule has 1 aromatic heterocycles. The molecule has 0 saturated carbocycles. The molecule has 9 heteroatoms. The zero-order valence-corrected chi connectivity index (χ0v) is 12.3. The first-order valence-electron chi connectivity index (χ1n) is 6.57. The molecule has 0 aliphatic rings. The van der Waals surface area contributed by atoms with Crippen LogP contribution in [0.5, 0.6) is 0 Å². The van der Waals surface area contributed by atoms with Gasteiger partial charge in [-0.05, 0) is 30.7 Å². The monoisotopic (exact) mass is 339 g/mol. The molecule has 0 radical (unpaired) electrons. The summed E-state index contributed by atoms with van der Waals surface area (Å²) in [5.74, 6) is -2.06. The molecule has 2 aromatic rings. The summed E-state index contributed by atoms with van der Waals surface area (Å²) in [5, 5.41) is 0. The van der Waals surface area contributed by atoms with Crippen molar-refractivity contribution < 1.29 is 22.8 Å². The summed E-state index contributed by atoms with van der Waals surface area (Å²) in [5.41, 5.74) is 7.50. The third kappa shape index (κ3) is 3.00. The normalized spacial score (nSPS) is 11.3. The van der Waals surface area contributed by atoms with Gasteiger partial charge < -0.3 is 11.5 Å². The van der Waals surface area contributed by atoms with Crippen LogP contribution in [0.2, 0.25) is 0 Å². The topological polar surface area (TPSA) is 108 Å². The molecule has 1 aromatic carbocycles. The predicted octanol–water partition coefficient (Wildman–Crippen LogP) is 1.36. The Hall–Kier alpha value is -3.10. The second kappa shape index (κ2) is 5.84. The van der Waals surface area contributed by atoms with Crippen LogP contribution in [0.1, 0.15) is 31.8 Å². The molecule has 2 amide bonds. The first-order valence-corrected chi connectivity index (χ1v) is 6.57. The van der Waals surface area contributed by atoms with Crippen LogP contribution in [-0.2, 0) is 6.18 Å². The number of benzene rings is 1. The average Bonchev–Trinajstić information content (AvgIpc) is 2.46. The minimum atomic E-state index is -4.62. The number of carbonyl (C=O) groups is 2. The van der Waals surface area contributed by atoms with Gasteiger partial charge in [0.1, 0.15) is 5.56 Å². The molecule has 1 heterocycles. The second-order valence-corrected chi connectivity index (χ2v) is 4.99. The van der Waals surface area contributed by atoms with Crippen molar-refractivity contribution in [1.82, 2.24) is 4.57 Å². The summed E-state index contributed by atoms with van der Waals surface area (Å²) in [6, 6.07) is 3.86. The van der Waals surface area contributed by atoms with Crippen LogP contribution in [0.15, 0.2) is 35.3 Å². The molecule has 126 valence electrons. The van der Waals surface area contributed by atoms with Gasteiger partial charge in [0.15, 0.2) is 0 Å². The van der Waals surface area contributed by atoms with E-state index in [0.717, 1.165) is 22.9 Å². The smallest absolute Gasteiger partial charge is 0.366 e. The molecular weight excluding hydrogens is 327 g/mol. The molecule has 0 atom stereocenters. The Labute approximate surface area is 133 Å². The van der Waals surface area contributed by atoms with Gasteiger partial charge in [-0.2, -0.15) is 13.2 Å². The lowest BCUT2D eigenvalue weighted by Gasteiger charge is -2.14. The van der Waals surface area contributed by atoms with Crippen LogP contribution < -0.4 is 17.0 Å². The number of nitrogens with zero attached hydrogens (tertiary/aromatic N) is 1. The van der Waals surface area contributed by atoms with Crippen molar-refractivity contribution in [2.45, 2.75) is 13.1 Å². The van der Waals surface area contributed by atoms with Crippen molar-refractivity contribution in [3.63, 3.8) is 0 Å². The van der Waals surface area contributed by atoms with E-state index in [2.05, 4.69) is 0 Å². The number of amides is 2. The number of halogens is 3. The van der Waals surface area contributed by atoms with Gasteiger partial charge in [-0.15, -0.1) is 0 Å². The van der Waals surface area contributed by atoms with Gasteiger partial charge in [-0.1, -0.05) is 6.07 Å². The molecule has 0 aliphatic heterocycles. The number of alkyl halides is 3. The lowest BCUT2D eigenvalue weighted by Crippen LogP contribution is -2.32.